The van der Waals surface area contributed by atoms with E-state index in [4.69, 9.17) is 24.2 Å². The largest absolute Gasteiger partial charge is 0.468 e. The van der Waals surface area contributed by atoms with Crippen LogP contribution >= 0.6 is 22.6 Å². The number of ether oxygens (including phenoxy) is 3. The third kappa shape index (κ3) is 7.65. The molecule has 2 aromatic heterocycles. The molecular formula is C43H53F2IN4O4Si. The summed E-state index contributed by atoms with van der Waals surface area (Å²) in [5.41, 5.74) is 5.47. The third-order valence-corrected chi connectivity index (χ3v) is 19.0. The van der Waals surface area contributed by atoms with Gasteiger partial charge in [-0.05, 0) is 103 Å². The van der Waals surface area contributed by atoms with Gasteiger partial charge >= 0.3 is 6.09 Å². The molecule has 0 aliphatic carbocycles. The van der Waals surface area contributed by atoms with Gasteiger partial charge in [-0.3, -0.25) is 9.88 Å². The van der Waals surface area contributed by atoms with E-state index in [9.17, 15) is 4.79 Å². The number of carbonyl (C=O) groups is 1. The zero-order chi connectivity index (χ0) is 40.1. The zero-order valence-electron chi connectivity index (χ0n) is 33.9. The maximum absolute atomic E-state index is 17.5. The molecule has 2 fully saturated rings. The van der Waals surface area contributed by atoms with E-state index in [1.165, 1.54) is 13.2 Å². The number of amides is 1. The number of rotatable bonds is 8. The number of anilines is 1. The average Bonchev–Trinajstić information content (AvgIpc) is 3.37. The van der Waals surface area contributed by atoms with Gasteiger partial charge in [-0.15, -0.1) is 5.54 Å². The molecule has 2 atom stereocenters. The van der Waals surface area contributed by atoms with Crippen LogP contribution in [-0.2, 0) is 9.47 Å². The second kappa shape index (κ2) is 15.8. The lowest BCUT2D eigenvalue weighted by atomic mass is 9.95. The van der Waals surface area contributed by atoms with Gasteiger partial charge < -0.3 is 19.1 Å². The van der Waals surface area contributed by atoms with Crippen molar-refractivity contribution in [2.75, 3.05) is 31.9 Å². The zero-order valence-corrected chi connectivity index (χ0v) is 37.0. The lowest BCUT2D eigenvalue weighted by Crippen LogP contribution is -2.57. The van der Waals surface area contributed by atoms with Crippen LogP contribution in [0.4, 0.5) is 19.4 Å². The second-order valence-electron chi connectivity index (χ2n) is 16.9. The standard InChI is InChI=1S/C43H53F2IN4O4Si/c1-24(2)55(25(3)4,26(5)6)17-16-32-35(44)15-12-28-18-31(53-23-52-11)19-33(36(28)32)40-38(45)37-34(20-47-40)41(48-27(7)39(37)46)49-21-29-13-14-30(22-49)50(29)42(51)54-43(8,9)10/h12,15,18-20,24-26,29-30H,13-14,21-23H2,1-11H3. The Balaban J connectivity index is 1.53. The van der Waals surface area contributed by atoms with Gasteiger partial charge in [-0.1, -0.05) is 53.5 Å². The summed E-state index contributed by atoms with van der Waals surface area (Å²) < 4.78 is 51.2. The number of aryl methyl sites for hydroxylation is 1. The van der Waals surface area contributed by atoms with E-state index in [0.717, 1.165) is 12.8 Å². The molecule has 2 aromatic carbocycles. The predicted octanol–water partition coefficient (Wildman–Crippen LogP) is 10.8. The maximum atomic E-state index is 17.5. The molecule has 1 amide bonds. The Morgan fingerprint density at radius 2 is 1.65 bits per heavy atom. The van der Waals surface area contributed by atoms with Crippen LogP contribution in [0.5, 0.6) is 5.75 Å². The van der Waals surface area contributed by atoms with Crippen LogP contribution in [0.15, 0.2) is 30.5 Å². The molecule has 4 aromatic rings. The Bertz CT molecular complexity index is 2160. The van der Waals surface area contributed by atoms with Crippen molar-refractivity contribution in [3.8, 4) is 28.5 Å². The number of nitrogens with zero attached hydrogens (tertiary/aromatic N) is 4. The van der Waals surface area contributed by atoms with E-state index in [0.29, 0.717) is 77.7 Å². The van der Waals surface area contributed by atoms with Crippen LogP contribution in [0.1, 0.15) is 86.4 Å². The van der Waals surface area contributed by atoms with Crippen LogP contribution in [0.2, 0.25) is 16.6 Å². The number of aromatic nitrogens is 2. The highest BCUT2D eigenvalue weighted by molar-refractivity contribution is 14.1. The normalized spacial score (nSPS) is 17.5. The van der Waals surface area contributed by atoms with E-state index in [-0.39, 0.29) is 36.2 Å². The molecule has 8 nitrogen and oxygen atoms in total. The molecule has 0 N–H and O–H groups in total. The highest BCUT2D eigenvalue weighted by atomic mass is 127. The van der Waals surface area contributed by atoms with Crippen LogP contribution < -0.4 is 9.64 Å². The molecule has 2 saturated heterocycles. The first-order chi connectivity index (χ1) is 25.9. The number of methoxy groups -OCH3 is 1. The molecular weight excluding hydrogens is 829 g/mol. The summed E-state index contributed by atoms with van der Waals surface area (Å²) in [6.45, 7) is 21.9. The summed E-state index contributed by atoms with van der Waals surface area (Å²) in [6, 6.07) is 6.50. The molecule has 12 heteroatoms. The second-order valence-corrected chi connectivity index (χ2v) is 23.6. The number of fused-ring (bicyclic) bond motifs is 4. The van der Waals surface area contributed by atoms with Gasteiger partial charge in [0.25, 0.3) is 0 Å². The topological polar surface area (TPSA) is 77.0 Å². The lowest BCUT2D eigenvalue weighted by molar-refractivity contribution is 0.0123. The molecule has 4 heterocycles. The van der Waals surface area contributed by atoms with Crippen LogP contribution in [0.25, 0.3) is 32.8 Å². The van der Waals surface area contributed by atoms with Gasteiger partial charge in [0.05, 0.1) is 23.3 Å². The molecule has 2 bridgehead atoms. The van der Waals surface area contributed by atoms with Crippen molar-refractivity contribution in [3.05, 3.63) is 56.9 Å². The van der Waals surface area contributed by atoms with Gasteiger partial charge in [0.1, 0.15) is 36.8 Å². The highest BCUT2D eigenvalue weighted by Gasteiger charge is 2.45. The fraction of sp³-hybridized carbons (Fsp3) is 0.512. The quantitative estimate of drug-likeness (QED) is 0.0755. The first-order valence-electron chi connectivity index (χ1n) is 19.2. The summed E-state index contributed by atoms with van der Waals surface area (Å²) in [4.78, 5) is 27.0. The number of hydrogen-bond acceptors (Lipinski definition) is 7. The fourth-order valence-corrected chi connectivity index (χ4v) is 14.8. The number of piperazine rings is 1. The minimum Gasteiger partial charge on any atom is -0.468 e. The Kier molecular flexibility index (Phi) is 11.8. The Labute approximate surface area is 338 Å². The Hall–Kier alpha value is -3.54. The number of benzene rings is 2. The minimum absolute atomic E-state index is 0.0208. The van der Waals surface area contributed by atoms with Crippen molar-refractivity contribution in [2.24, 2.45) is 0 Å². The van der Waals surface area contributed by atoms with E-state index >= 15 is 8.78 Å². The number of hydrogen-bond donors (Lipinski definition) is 0. The smallest absolute Gasteiger partial charge is 0.410 e. The molecule has 0 spiro atoms. The minimum atomic E-state index is -2.26. The predicted molar refractivity (Wildman–Crippen MR) is 227 cm³/mol. The van der Waals surface area contributed by atoms with Crippen LogP contribution in [0.3, 0.4) is 0 Å². The molecule has 0 saturated carbocycles. The molecule has 2 unspecified atom stereocenters. The Morgan fingerprint density at radius 3 is 2.24 bits per heavy atom. The highest BCUT2D eigenvalue weighted by Crippen LogP contribution is 2.44. The van der Waals surface area contributed by atoms with E-state index in [1.54, 1.807) is 24.4 Å². The molecule has 2 aliphatic rings. The summed E-state index contributed by atoms with van der Waals surface area (Å²) in [7, 11) is -0.726. The lowest BCUT2D eigenvalue weighted by Gasteiger charge is -2.42. The number of pyridine rings is 2. The van der Waals surface area contributed by atoms with Crippen LogP contribution in [0, 0.1) is 33.6 Å². The SMILES string of the molecule is COCOc1cc(-c2ncc3c(N4CC5CCC(C4)N5C(=O)OC(C)(C)C)nc(C)c(I)c3c2F)c2c(C#C[Si](C(C)C)(C(C)C)C(C)C)c(F)ccc2c1. The van der Waals surface area contributed by atoms with Crippen molar-refractivity contribution < 1.29 is 27.8 Å². The molecule has 0 radical (unpaired) electrons. The first-order valence-corrected chi connectivity index (χ1v) is 22.5. The average molecular weight is 883 g/mol. The first kappa shape index (κ1) is 41.1. The van der Waals surface area contributed by atoms with Gasteiger partial charge in [0, 0.05) is 51.7 Å². The molecule has 294 valence electrons. The van der Waals surface area contributed by atoms with Gasteiger partial charge in [0.15, 0.2) is 12.6 Å². The van der Waals surface area contributed by atoms with Crippen molar-refractivity contribution in [3.63, 3.8) is 0 Å². The van der Waals surface area contributed by atoms with Crippen molar-refractivity contribution in [2.45, 2.75) is 116 Å². The molecule has 6 rings (SSSR count). The summed E-state index contributed by atoms with van der Waals surface area (Å²) in [5.74, 6) is 3.41. The van der Waals surface area contributed by atoms with Gasteiger partial charge in [-0.25, -0.2) is 18.6 Å². The maximum Gasteiger partial charge on any atom is 0.410 e. The Morgan fingerprint density at radius 1 is 1.02 bits per heavy atom. The van der Waals surface area contributed by atoms with E-state index < -0.39 is 25.3 Å². The van der Waals surface area contributed by atoms with Gasteiger partial charge in [-0.2, -0.15) is 0 Å². The summed E-state index contributed by atoms with van der Waals surface area (Å²) in [5, 5.41) is 2.10. The monoisotopic (exact) mass is 882 g/mol. The van der Waals surface area contributed by atoms with Crippen molar-refractivity contribution >= 4 is 64.1 Å². The van der Waals surface area contributed by atoms with Gasteiger partial charge in [0.2, 0.25) is 0 Å². The van der Waals surface area contributed by atoms with E-state index in [1.807, 2.05) is 32.6 Å². The fourth-order valence-electron chi connectivity index (χ4n) is 8.97. The molecule has 2 aliphatic heterocycles. The molecule has 55 heavy (non-hydrogen) atoms. The van der Waals surface area contributed by atoms with Crippen molar-refractivity contribution in [1.82, 2.24) is 14.9 Å². The van der Waals surface area contributed by atoms with Crippen LogP contribution in [-0.4, -0.2) is 73.7 Å². The van der Waals surface area contributed by atoms with Crippen molar-refractivity contribution in [1.29, 1.82) is 0 Å². The summed E-state index contributed by atoms with van der Waals surface area (Å²) in [6.07, 6.45) is 3.07. The van der Waals surface area contributed by atoms with E-state index in [2.05, 4.69) is 80.5 Å². The number of halogens is 3. The third-order valence-electron chi connectivity index (χ3n) is 11.4. The summed E-state index contributed by atoms with van der Waals surface area (Å²) >= 11 is 2.15. The number of carbonyl (C=O) groups excluding carboxylic acids is 1.